The lowest BCUT2D eigenvalue weighted by Gasteiger charge is -2.51. The molecule has 0 spiro atoms. The van der Waals surface area contributed by atoms with Crippen LogP contribution in [-0.4, -0.2) is 54.7 Å². The number of anilines is 2. The Hall–Kier alpha value is -5.92. The van der Waals surface area contributed by atoms with Crippen LogP contribution in [0.4, 0.5) is 11.6 Å². The van der Waals surface area contributed by atoms with Crippen molar-refractivity contribution in [1.29, 1.82) is 0 Å². The number of carbonyl (C=O) groups is 1. The van der Waals surface area contributed by atoms with Gasteiger partial charge in [0.1, 0.15) is 63.9 Å². The van der Waals surface area contributed by atoms with E-state index in [4.69, 9.17) is 25.4 Å². The minimum absolute atomic E-state index is 0.000812. The van der Waals surface area contributed by atoms with E-state index in [0.29, 0.717) is 55.7 Å². The number of rotatable bonds is 4. The number of aliphatic hydroxyl groups is 2. The number of aliphatic hydroxyl groups excluding tert-OH is 2. The van der Waals surface area contributed by atoms with Gasteiger partial charge in [0.05, 0.1) is 12.2 Å². The number of nitrogens with zero attached hydrogens (tertiary/aromatic N) is 2. The highest BCUT2D eigenvalue weighted by Gasteiger charge is 2.56. The Morgan fingerprint density at radius 1 is 0.983 bits per heavy atom. The molecule has 58 heavy (non-hydrogen) atoms. The van der Waals surface area contributed by atoms with Gasteiger partial charge in [-0.05, 0) is 116 Å². The predicted octanol–water partition coefficient (Wildman–Crippen LogP) is 5.03. The minimum atomic E-state index is -1.30. The number of carbonyl (C=O) groups excluding carboxylic acids is 1. The lowest BCUT2D eigenvalue weighted by atomic mass is 9.63. The number of allylic oxidation sites excluding steroid dienone is 1. The number of benzene rings is 2. The number of nitrogens with two attached hydrogens (primary N) is 2. The summed E-state index contributed by atoms with van der Waals surface area (Å²) >= 11 is 0. The molecule has 300 valence electrons. The molecule has 2 aliphatic carbocycles. The number of aromatic nitrogens is 2. The fourth-order valence-electron chi connectivity index (χ4n) is 10.5. The van der Waals surface area contributed by atoms with Gasteiger partial charge in [-0.15, -0.1) is 0 Å². The molecular weight excluding hydrogens is 741 g/mol. The predicted molar refractivity (Wildman–Crippen MR) is 215 cm³/mol. The van der Waals surface area contributed by atoms with E-state index in [0.717, 1.165) is 39.4 Å². The maximum Gasteiger partial charge on any atom is 0.336 e. The third-order valence-electron chi connectivity index (χ3n) is 13.4. The van der Waals surface area contributed by atoms with Crippen molar-refractivity contribution in [2.75, 3.05) is 18.1 Å². The van der Waals surface area contributed by atoms with Crippen molar-refractivity contribution in [1.82, 2.24) is 9.97 Å². The van der Waals surface area contributed by atoms with E-state index >= 15 is 0 Å². The van der Waals surface area contributed by atoms with Gasteiger partial charge in [-0.1, -0.05) is 12.1 Å². The second kappa shape index (κ2) is 14.2. The van der Waals surface area contributed by atoms with Crippen LogP contribution in [0.1, 0.15) is 88.8 Å². The standard InChI is InChI=1S/C45H46N4O9/c1-3-21(19-50)44(55)57-35-17-32-40(54)39-34(53)16-27(20-51)56-42(39)38-31-13-24-12-26(52)7-4-22(24)5-9-29(37-30(31)10-11-48-43(37)47)28-8-6-23-15-36(46)49-18-25(23)14-33(28)45(35,2)58-41(32)38/h3-4,7,10-12,15-16,18,28-29,31,33,35,50-52,54H,5-6,8-9,13-14,17,19-20H2,1-2H3,(H2,46,49)(H2,47,48). The minimum Gasteiger partial charge on any atom is -0.508 e. The number of phenolic OH excluding ortho intramolecular Hbond substituents is 2. The lowest BCUT2D eigenvalue weighted by Crippen LogP contribution is -2.59. The number of aromatic hydroxyl groups is 2. The van der Waals surface area contributed by atoms with E-state index in [9.17, 15) is 30.0 Å². The van der Waals surface area contributed by atoms with E-state index in [1.54, 1.807) is 31.5 Å². The molecular formula is C45H46N4O9. The summed E-state index contributed by atoms with van der Waals surface area (Å²) < 4.78 is 20.3. The summed E-state index contributed by atoms with van der Waals surface area (Å²) in [6.45, 7) is 2.47. The van der Waals surface area contributed by atoms with Gasteiger partial charge in [-0.25, -0.2) is 14.8 Å². The zero-order valence-corrected chi connectivity index (χ0v) is 32.3. The molecule has 5 heterocycles. The Morgan fingerprint density at radius 3 is 2.57 bits per heavy atom. The van der Waals surface area contributed by atoms with E-state index in [1.165, 1.54) is 6.08 Å². The first kappa shape index (κ1) is 37.6. The van der Waals surface area contributed by atoms with E-state index in [2.05, 4.69) is 9.97 Å². The highest BCUT2D eigenvalue weighted by atomic mass is 16.6. The maximum atomic E-state index is 14.0. The van der Waals surface area contributed by atoms with Crippen LogP contribution in [0.5, 0.6) is 17.2 Å². The second-order valence-electron chi connectivity index (χ2n) is 16.3. The van der Waals surface area contributed by atoms with Crippen molar-refractivity contribution >= 4 is 28.6 Å². The molecule has 5 aromatic rings. The highest BCUT2D eigenvalue weighted by molar-refractivity contribution is 5.92. The number of phenols is 2. The SMILES string of the molecule is CC=C(CO)C(=O)OC1Cc2c3c(c4oc(CO)cc(=O)c4c2O)C2Cc4cc(O)ccc4CCC(c4c2ccnc4N)C2CCc4cc(N)ncc4CC2C1(C)O3. The van der Waals surface area contributed by atoms with Crippen LogP contribution in [-0.2, 0) is 48.2 Å². The molecule has 9 rings (SSSR count). The van der Waals surface area contributed by atoms with Crippen LogP contribution in [0.15, 0.2) is 69.7 Å². The number of pyridine rings is 2. The quantitative estimate of drug-likeness (QED) is 0.104. The molecule has 6 unspecified atom stereocenters. The zero-order chi connectivity index (χ0) is 40.6. The molecule has 13 heteroatoms. The van der Waals surface area contributed by atoms with Gasteiger partial charge in [0.2, 0.25) is 0 Å². The number of aryl methyl sites for hydroxylation is 2. The third-order valence-corrected chi connectivity index (χ3v) is 13.4. The van der Waals surface area contributed by atoms with E-state index in [-0.39, 0.29) is 69.3 Å². The molecule has 2 aromatic carbocycles. The Bertz CT molecular complexity index is 2600. The summed E-state index contributed by atoms with van der Waals surface area (Å²) in [4.78, 5) is 37.1. The molecule has 0 fully saturated rings. The van der Waals surface area contributed by atoms with Gasteiger partial charge in [0.25, 0.3) is 0 Å². The topological polar surface area (TPSA) is 224 Å². The lowest BCUT2D eigenvalue weighted by molar-refractivity contribution is -0.169. The molecule has 4 aliphatic rings. The fraction of sp³-hybridized carbons (Fsp3) is 0.378. The number of nitrogen functional groups attached to an aromatic ring is 2. The fourth-order valence-corrected chi connectivity index (χ4v) is 10.5. The van der Waals surface area contributed by atoms with Crippen LogP contribution in [0.25, 0.3) is 11.0 Å². The normalized spacial score (nSPS) is 24.8. The summed E-state index contributed by atoms with van der Waals surface area (Å²) in [5.41, 5.74) is 17.9. The molecule has 13 nitrogen and oxygen atoms in total. The van der Waals surface area contributed by atoms with Crippen LogP contribution in [0.3, 0.4) is 0 Å². The molecule has 0 saturated heterocycles. The zero-order valence-electron chi connectivity index (χ0n) is 32.3. The van der Waals surface area contributed by atoms with Crippen LogP contribution >= 0.6 is 0 Å². The van der Waals surface area contributed by atoms with Crippen molar-refractivity contribution in [2.45, 2.75) is 88.9 Å². The summed E-state index contributed by atoms with van der Waals surface area (Å²) in [6.07, 6.45) is 7.35. The number of ether oxygens (including phenoxy) is 2. The van der Waals surface area contributed by atoms with Crippen LogP contribution in [0.2, 0.25) is 0 Å². The Kier molecular flexibility index (Phi) is 9.20. The maximum absolute atomic E-state index is 14.0. The van der Waals surface area contributed by atoms with Crippen molar-refractivity contribution in [3.63, 3.8) is 0 Å². The van der Waals surface area contributed by atoms with Gasteiger partial charge in [-0.3, -0.25) is 4.79 Å². The monoisotopic (exact) mass is 786 g/mol. The first-order valence-electron chi connectivity index (χ1n) is 19.8. The number of hydrogen-bond donors (Lipinski definition) is 6. The van der Waals surface area contributed by atoms with Crippen molar-refractivity contribution in [2.24, 2.45) is 11.8 Å². The second-order valence-corrected chi connectivity index (χ2v) is 16.3. The van der Waals surface area contributed by atoms with Crippen LogP contribution in [0, 0.1) is 11.8 Å². The number of esters is 1. The van der Waals surface area contributed by atoms with Crippen LogP contribution < -0.4 is 21.6 Å². The molecule has 0 radical (unpaired) electrons. The summed E-state index contributed by atoms with van der Waals surface area (Å²) in [6, 6.07) is 10.4. The van der Waals surface area contributed by atoms with Gasteiger partial charge in [0, 0.05) is 53.4 Å². The van der Waals surface area contributed by atoms with Crippen molar-refractivity contribution in [3.8, 4) is 17.2 Å². The van der Waals surface area contributed by atoms with E-state index in [1.807, 2.05) is 25.1 Å². The Labute approximate surface area is 334 Å². The smallest absolute Gasteiger partial charge is 0.336 e. The molecule has 3 aromatic heterocycles. The largest absolute Gasteiger partial charge is 0.508 e. The molecule has 4 bridgehead atoms. The summed E-state index contributed by atoms with van der Waals surface area (Å²) in [5.74, 6) is -1.35. The first-order valence-corrected chi connectivity index (χ1v) is 19.8. The Morgan fingerprint density at radius 2 is 1.79 bits per heavy atom. The molecule has 0 saturated carbocycles. The molecule has 8 N–H and O–H groups in total. The molecule has 0 amide bonds. The third kappa shape index (κ3) is 5.89. The molecule has 6 atom stereocenters. The number of fused-ring (bicyclic) bond motifs is 9. The van der Waals surface area contributed by atoms with Crippen molar-refractivity contribution in [3.05, 3.63) is 121 Å². The van der Waals surface area contributed by atoms with E-state index < -0.39 is 42.2 Å². The first-order chi connectivity index (χ1) is 27.9. The average Bonchev–Trinajstić information content (AvgIpc) is 3.35. The number of hydrogen-bond acceptors (Lipinski definition) is 13. The Balaban J connectivity index is 1.43. The van der Waals surface area contributed by atoms with Crippen molar-refractivity contribution < 1.29 is 39.1 Å². The summed E-state index contributed by atoms with van der Waals surface area (Å²) in [5, 5.41) is 43.4. The average molecular weight is 787 g/mol. The highest BCUT2D eigenvalue weighted by Crippen LogP contribution is 2.58. The van der Waals surface area contributed by atoms with Gasteiger partial charge in [-0.2, -0.15) is 0 Å². The van der Waals surface area contributed by atoms with Gasteiger partial charge >= 0.3 is 5.97 Å². The molecule has 2 aliphatic heterocycles. The van der Waals surface area contributed by atoms with Gasteiger partial charge < -0.3 is 45.8 Å². The van der Waals surface area contributed by atoms with Gasteiger partial charge in [0.15, 0.2) is 5.43 Å². The summed E-state index contributed by atoms with van der Waals surface area (Å²) in [7, 11) is 0.